The standard InChI is InChI=1S/C22H17FN4O3/c23-17-5-1-2-6-18(17)24-21(28)14-30-22(29)16-11-9-15(10-12-16)13-27-20-8-4-3-7-19(20)25-26-27/h1-12H,13-14H2,(H,24,28). The molecule has 30 heavy (non-hydrogen) atoms. The van der Waals surface area contributed by atoms with E-state index in [0.717, 1.165) is 16.6 Å². The van der Waals surface area contributed by atoms with Gasteiger partial charge in [-0.2, -0.15) is 0 Å². The highest BCUT2D eigenvalue weighted by Gasteiger charge is 2.12. The summed E-state index contributed by atoms with van der Waals surface area (Å²) in [6.07, 6.45) is 0. The van der Waals surface area contributed by atoms with Crippen molar-refractivity contribution in [1.82, 2.24) is 15.0 Å². The van der Waals surface area contributed by atoms with Crippen molar-refractivity contribution in [2.24, 2.45) is 0 Å². The first-order chi connectivity index (χ1) is 14.6. The molecule has 1 aromatic heterocycles. The molecule has 0 fully saturated rings. The van der Waals surface area contributed by atoms with Crippen LogP contribution in [0.4, 0.5) is 10.1 Å². The fourth-order valence-corrected chi connectivity index (χ4v) is 2.92. The molecule has 1 amide bonds. The van der Waals surface area contributed by atoms with E-state index in [1.54, 1.807) is 35.0 Å². The first-order valence-corrected chi connectivity index (χ1v) is 9.19. The SMILES string of the molecule is O=C(COC(=O)c1ccc(Cn2nnc3ccccc32)cc1)Nc1ccccc1F. The van der Waals surface area contributed by atoms with Crippen LogP contribution in [0.25, 0.3) is 11.0 Å². The molecule has 0 aliphatic rings. The third-order valence-electron chi connectivity index (χ3n) is 4.42. The number of esters is 1. The number of nitrogens with one attached hydrogen (secondary N) is 1. The number of carbonyl (C=O) groups excluding carboxylic acids is 2. The fraction of sp³-hybridized carbons (Fsp3) is 0.0909. The zero-order chi connectivity index (χ0) is 20.9. The Morgan fingerprint density at radius 2 is 1.70 bits per heavy atom. The molecule has 0 aliphatic heterocycles. The van der Waals surface area contributed by atoms with Crippen LogP contribution in [0.2, 0.25) is 0 Å². The van der Waals surface area contributed by atoms with E-state index in [1.165, 1.54) is 18.2 Å². The molecule has 1 heterocycles. The number of halogens is 1. The summed E-state index contributed by atoms with van der Waals surface area (Å²) in [4.78, 5) is 24.0. The van der Waals surface area contributed by atoms with Crippen LogP contribution < -0.4 is 5.32 Å². The van der Waals surface area contributed by atoms with Crippen molar-refractivity contribution in [3.05, 3.63) is 89.7 Å². The lowest BCUT2D eigenvalue weighted by Gasteiger charge is -2.08. The Hall–Kier alpha value is -4.07. The lowest BCUT2D eigenvalue weighted by molar-refractivity contribution is -0.119. The molecule has 0 spiro atoms. The van der Waals surface area contributed by atoms with Gasteiger partial charge >= 0.3 is 5.97 Å². The summed E-state index contributed by atoms with van der Waals surface area (Å²) in [5, 5.41) is 10.6. The highest BCUT2D eigenvalue weighted by molar-refractivity contribution is 5.95. The number of hydrogen-bond acceptors (Lipinski definition) is 5. The van der Waals surface area contributed by atoms with Crippen LogP contribution in [0, 0.1) is 5.82 Å². The first-order valence-electron chi connectivity index (χ1n) is 9.19. The number of benzene rings is 3. The molecule has 1 N–H and O–H groups in total. The van der Waals surface area contributed by atoms with Crippen LogP contribution in [0.3, 0.4) is 0 Å². The summed E-state index contributed by atoms with van der Waals surface area (Å²) >= 11 is 0. The highest BCUT2D eigenvalue weighted by atomic mass is 19.1. The van der Waals surface area contributed by atoms with Crippen molar-refractivity contribution < 1.29 is 18.7 Å². The van der Waals surface area contributed by atoms with Gasteiger partial charge in [0.05, 0.1) is 23.3 Å². The van der Waals surface area contributed by atoms with Crippen molar-refractivity contribution >= 4 is 28.6 Å². The third kappa shape index (κ3) is 4.33. The zero-order valence-electron chi connectivity index (χ0n) is 15.8. The average Bonchev–Trinajstić information content (AvgIpc) is 3.17. The van der Waals surface area contributed by atoms with E-state index in [4.69, 9.17) is 4.74 Å². The van der Waals surface area contributed by atoms with E-state index in [1.807, 2.05) is 24.3 Å². The minimum absolute atomic E-state index is 0.0311. The van der Waals surface area contributed by atoms with E-state index in [0.29, 0.717) is 12.1 Å². The van der Waals surface area contributed by atoms with Gasteiger partial charge < -0.3 is 10.1 Å². The number of anilines is 1. The maximum absolute atomic E-state index is 13.5. The predicted octanol–water partition coefficient (Wildman–Crippen LogP) is 3.41. The molecule has 0 saturated carbocycles. The van der Waals surface area contributed by atoms with Crippen molar-refractivity contribution in [3.63, 3.8) is 0 Å². The largest absolute Gasteiger partial charge is 0.452 e. The normalized spacial score (nSPS) is 10.7. The highest BCUT2D eigenvalue weighted by Crippen LogP contribution is 2.14. The second kappa shape index (κ2) is 8.52. The van der Waals surface area contributed by atoms with Gasteiger partial charge in [-0.15, -0.1) is 5.10 Å². The lowest BCUT2D eigenvalue weighted by atomic mass is 10.1. The second-order valence-corrected chi connectivity index (χ2v) is 6.54. The number of fused-ring (bicyclic) bond motifs is 1. The Morgan fingerprint density at radius 3 is 2.50 bits per heavy atom. The van der Waals surface area contributed by atoms with Crippen LogP contribution in [0.15, 0.2) is 72.8 Å². The Balaban J connectivity index is 1.34. The van der Waals surface area contributed by atoms with Gasteiger partial charge in [-0.05, 0) is 42.0 Å². The summed E-state index contributed by atoms with van der Waals surface area (Å²) in [6, 6.07) is 20.2. The molecule has 0 radical (unpaired) electrons. The Kier molecular flexibility index (Phi) is 5.47. The molecule has 4 rings (SSSR count). The molecular weight excluding hydrogens is 387 g/mol. The summed E-state index contributed by atoms with van der Waals surface area (Å²) in [5.41, 5.74) is 3.00. The number of para-hydroxylation sites is 2. The van der Waals surface area contributed by atoms with E-state index in [-0.39, 0.29) is 5.69 Å². The van der Waals surface area contributed by atoms with Crippen molar-refractivity contribution in [2.45, 2.75) is 6.54 Å². The number of hydrogen-bond donors (Lipinski definition) is 1. The lowest BCUT2D eigenvalue weighted by Crippen LogP contribution is -2.21. The van der Waals surface area contributed by atoms with Gasteiger partial charge in [-0.25, -0.2) is 13.9 Å². The summed E-state index contributed by atoms with van der Waals surface area (Å²) in [5.74, 6) is -1.83. The van der Waals surface area contributed by atoms with Gasteiger partial charge in [0.25, 0.3) is 5.91 Å². The van der Waals surface area contributed by atoms with Crippen LogP contribution in [0.5, 0.6) is 0 Å². The molecule has 0 atom stereocenters. The minimum atomic E-state index is -0.642. The summed E-state index contributed by atoms with van der Waals surface area (Å²) < 4.78 is 20.3. The monoisotopic (exact) mass is 404 g/mol. The molecule has 4 aromatic rings. The zero-order valence-corrected chi connectivity index (χ0v) is 15.8. The second-order valence-electron chi connectivity index (χ2n) is 6.54. The van der Waals surface area contributed by atoms with E-state index < -0.39 is 24.3 Å². The number of nitrogens with zero attached hydrogens (tertiary/aromatic N) is 3. The topological polar surface area (TPSA) is 86.1 Å². The minimum Gasteiger partial charge on any atom is -0.452 e. The van der Waals surface area contributed by atoms with Crippen LogP contribution in [-0.4, -0.2) is 33.5 Å². The van der Waals surface area contributed by atoms with Gasteiger partial charge in [-0.3, -0.25) is 4.79 Å². The molecule has 3 aromatic carbocycles. The van der Waals surface area contributed by atoms with E-state index >= 15 is 0 Å². The van der Waals surface area contributed by atoms with Gasteiger partial charge in [0.2, 0.25) is 0 Å². The van der Waals surface area contributed by atoms with Crippen LogP contribution in [-0.2, 0) is 16.1 Å². The molecule has 0 saturated heterocycles. The predicted molar refractivity (Wildman–Crippen MR) is 108 cm³/mol. The molecule has 7 nitrogen and oxygen atoms in total. The number of rotatable bonds is 6. The van der Waals surface area contributed by atoms with Gasteiger partial charge in [0.15, 0.2) is 6.61 Å². The van der Waals surface area contributed by atoms with Gasteiger partial charge in [0.1, 0.15) is 11.3 Å². The molecular formula is C22H17FN4O3. The van der Waals surface area contributed by atoms with E-state index in [9.17, 15) is 14.0 Å². The molecule has 0 unspecified atom stereocenters. The quantitative estimate of drug-likeness (QED) is 0.498. The number of carbonyl (C=O) groups is 2. The Labute approximate surface area is 171 Å². The van der Waals surface area contributed by atoms with Gasteiger partial charge in [-0.1, -0.05) is 41.6 Å². The molecule has 0 bridgehead atoms. The van der Waals surface area contributed by atoms with Crippen molar-refractivity contribution in [1.29, 1.82) is 0 Å². The molecule has 150 valence electrons. The van der Waals surface area contributed by atoms with E-state index in [2.05, 4.69) is 15.6 Å². The smallest absolute Gasteiger partial charge is 0.338 e. The van der Waals surface area contributed by atoms with Crippen LogP contribution in [0.1, 0.15) is 15.9 Å². The Bertz CT molecular complexity index is 1200. The third-order valence-corrected chi connectivity index (χ3v) is 4.42. The fourth-order valence-electron chi connectivity index (χ4n) is 2.92. The van der Waals surface area contributed by atoms with Crippen molar-refractivity contribution in [3.8, 4) is 0 Å². The average molecular weight is 404 g/mol. The molecule has 8 heteroatoms. The molecule has 0 aliphatic carbocycles. The first kappa shape index (κ1) is 19.3. The maximum atomic E-state index is 13.5. The summed E-state index contributed by atoms with van der Waals surface area (Å²) in [6.45, 7) is -0.0131. The van der Waals surface area contributed by atoms with Crippen molar-refractivity contribution in [2.75, 3.05) is 11.9 Å². The van der Waals surface area contributed by atoms with Gasteiger partial charge in [0, 0.05) is 0 Å². The number of ether oxygens (including phenoxy) is 1. The number of aromatic nitrogens is 3. The Morgan fingerprint density at radius 1 is 0.967 bits per heavy atom. The van der Waals surface area contributed by atoms with Crippen LogP contribution >= 0.6 is 0 Å². The summed E-state index contributed by atoms with van der Waals surface area (Å²) in [7, 11) is 0. The number of amides is 1. The maximum Gasteiger partial charge on any atom is 0.338 e.